The summed E-state index contributed by atoms with van der Waals surface area (Å²) in [6, 6.07) is 5.47. The molecule has 2 amide bonds. The van der Waals surface area contributed by atoms with Gasteiger partial charge in [-0.3, -0.25) is 9.59 Å². The molecule has 6 nitrogen and oxygen atoms in total. The molecule has 1 saturated heterocycles. The molecule has 0 aliphatic carbocycles. The smallest absolute Gasteiger partial charge is 0.269 e. The lowest BCUT2D eigenvalue weighted by Gasteiger charge is -2.39. The standard InChI is InChI=1S/C27H32F3N3O3/c1-6-10-32(31-11-13-36-14-12-31)25-20-19(21(28)22(29)23(25)30)26(34)33(27(20)35)24-17(15(2)3)8-7-9-18(24)16(4)5/h7-9,15-16H,6,10-14H2,1-5H3. The zero-order valence-electron chi connectivity index (χ0n) is 21.3. The minimum atomic E-state index is -1.76. The molecule has 0 unspecified atom stereocenters. The molecule has 1 fully saturated rings. The van der Waals surface area contributed by atoms with Gasteiger partial charge in [0.05, 0.1) is 30.0 Å². The predicted octanol–water partition coefficient (Wildman–Crippen LogP) is 5.61. The summed E-state index contributed by atoms with van der Waals surface area (Å²) in [6.45, 7) is 11.3. The first kappa shape index (κ1) is 26.2. The molecule has 2 aliphatic rings. The topological polar surface area (TPSA) is 53.1 Å². The fraction of sp³-hybridized carbons (Fsp3) is 0.481. The van der Waals surface area contributed by atoms with E-state index in [0.29, 0.717) is 38.4 Å². The summed E-state index contributed by atoms with van der Waals surface area (Å²) < 4.78 is 51.0. The number of hydrogen-bond donors (Lipinski definition) is 0. The van der Waals surface area contributed by atoms with Crippen LogP contribution in [0.4, 0.5) is 24.5 Å². The first-order chi connectivity index (χ1) is 17.1. The van der Waals surface area contributed by atoms with Gasteiger partial charge in [-0.15, -0.1) is 0 Å². The van der Waals surface area contributed by atoms with Crippen LogP contribution < -0.4 is 9.91 Å². The summed E-state index contributed by atoms with van der Waals surface area (Å²) in [6.07, 6.45) is 0.546. The second kappa shape index (κ2) is 10.2. The molecule has 0 radical (unpaired) electrons. The molecule has 194 valence electrons. The van der Waals surface area contributed by atoms with Crippen LogP contribution in [0.3, 0.4) is 0 Å². The van der Waals surface area contributed by atoms with E-state index in [9.17, 15) is 14.0 Å². The Labute approximate surface area is 209 Å². The van der Waals surface area contributed by atoms with Crippen LogP contribution >= 0.6 is 0 Å². The van der Waals surface area contributed by atoms with Gasteiger partial charge in [0.1, 0.15) is 5.69 Å². The summed E-state index contributed by atoms with van der Waals surface area (Å²) in [7, 11) is 0. The lowest BCUT2D eigenvalue weighted by atomic mass is 9.92. The van der Waals surface area contributed by atoms with Crippen molar-refractivity contribution in [2.24, 2.45) is 0 Å². The molecule has 2 heterocycles. The van der Waals surface area contributed by atoms with Crippen molar-refractivity contribution >= 4 is 23.2 Å². The van der Waals surface area contributed by atoms with Crippen LogP contribution in [0.15, 0.2) is 18.2 Å². The predicted molar refractivity (Wildman–Crippen MR) is 132 cm³/mol. The molecule has 0 atom stereocenters. The van der Waals surface area contributed by atoms with E-state index in [4.69, 9.17) is 4.74 Å². The van der Waals surface area contributed by atoms with Gasteiger partial charge in [-0.2, -0.15) is 0 Å². The molecular weight excluding hydrogens is 471 g/mol. The molecule has 9 heteroatoms. The van der Waals surface area contributed by atoms with E-state index in [1.165, 1.54) is 5.01 Å². The number of carbonyl (C=O) groups excluding carboxylic acids is 2. The average Bonchev–Trinajstić information content (AvgIpc) is 3.11. The fourth-order valence-electron chi connectivity index (χ4n) is 4.99. The lowest BCUT2D eigenvalue weighted by Crippen LogP contribution is -2.50. The number of nitrogens with zero attached hydrogens (tertiary/aromatic N) is 3. The van der Waals surface area contributed by atoms with Gasteiger partial charge in [0, 0.05) is 19.6 Å². The molecule has 36 heavy (non-hydrogen) atoms. The SMILES string of the molecule is CCCN(c1c(F)c(F)c(F)c2c1C(=O)N(c1c(C(C)C)cccc1C(C)C)C2=O)N1CCOCC1. The zero-order valence-corrected chi connectivity index (χ0v) is 21.3. The number of carbonyl (C=O) groups is 2. The van der Waals surface area contributed by atoms with Crippen molar-refractivity contribution < 1.29 is 27.5 Å². The second-order valence-electron chi connectivity index (χ2n) is 9.77. The monoisotopic (exact) mass is 503 g/mol. The van der Waals surface area contributed by atoms with Gasteiger partial charge < -0.3 is 9.75 Å². The number of anilines is 2. The molecular formula is C27H32F3N3O3. The van der Waals surface area contributed by atoms with Gasteiger partial charge in [-0.1, -0.05) is 52.8 Å². The fourth-order valence-corrected chi connectivity index (χ4v) is 4.99. The van der Waals surface area contributed by atoms with Crippen molar-refractivity contribution in [2.75, 3.05) is 42.8 Å². The van der Waals surface area contributed by atoms with Crippen LogP contribution in [0.2, 0.25) is 0 Å². The Morgan fingerprint density at radius 2 is 1.44 bits per heavy atom. The van der Waals surface area contributed by atoms with E-state index in [-0.39, 0.29) is 18.4 Å². The highest BCUT2D eigenvalue weighted by Gasteiger charge is 2.47. The number of para-hydroxylation sites is 1. The number of fused-ring (bicyclic) bond motifs is 1. The number of halogens is 3. The Morgan fingerprint density at radius 1 is 0.889 bits per heavy atom. The van der Waals surface area contributed by atoms with E-state index in [1.54, 1.807) is 5.01 Å². The molecule has 2 aromatic rings. The summed E-state index contributed by atoms with van der Waals surface area (Å²) >= 11 is 0. The molecule has 2 aliphatic heterocycles. The van der Waals surface area contributed by atoms with Crippen molar-refractivity contribution in [1.29, 1.82) is 0 Å². The maximum absolute atomic E-state index is 15.5. The molecule has 0 bridgehead atoms. The maximum atomic E-state index is 15.5. The van der Waals surface area contributed by atoms with Crippen LogP contribution in [0.25, 0.3) is 0 Å². The van der Waals surface area contributed by atoms with E-state index >= 15 is 8.78 Å². The van der Waals surface area contributed by atoms with Crippen molar-refractivity contribution in [1.82, 2.24) is 5.01 Å². The van der Waals surface area contributed by atoms with Gasteiger partial charge in [-0.05, 0) is 29.4 Å². The molecule has 0 spiro atoms. The molecule has 0 aromatic heterocycles. The van der Waals surface area contributed by atoms with E-state index in [1.807, 2.05) is 52.8 Å². The van der Waals surface area contributed by atoms with Crippen LogP contribution in [-0.4, -0.2) is 49.7 Å². The minimum absolute atomic E-state index is 0.0641. The Morgan fingerprint density at radius 3 is 1.97 bits per heavy atom. The van der Waals surface area contributed by atoms with Gasteiger partial charge in [0.15, 0.2) is 17.5 Å². The number of hydrogen-bond acceptors (Lipinski definition) is 5. The van der Waals surface area contributed by atoms with Crippen molar-refractivity contribution in [3.63, 3.8) is 0 Å². The number of amides is 2. The molecule has 2 aromatic carbocycles. The van der Waals surface area contributed by atoms with E-state index in [0.717, 1.165) is 16.0 Å². The molecule has 0 saturated carbocycles. The van der Waals surface area contributed by atoms with Crippen molar-refractivity contribution in [3.05, 3.63) is 57.9 Å². The Hall–Kier alpha value is -2.91. The van der Waals surface area contributed by atoms with Crippen LogP contribution in [0.1, 0.15) is 84.7 Å². The molecule has 4 rings (SSSR count). The highest BCUT2D eigenvalue weighted by atomic mass is 19.2. The Balaban J connectivity index is 1.98. The summed E-state index contributed by atoms with van der Waals surface area (Å²) in [4.78, 5) is 28.5. The van der Waals surface area contributed by atoms with Gasteiger partial charge >= 0.3 is 0 Å². The Bertz CT molecular complexity index is 1170. The quantitative estimate of drug-likeness (QED) is 0.363. The summed E-state index contributed by atoms with van der Waals surface area (Å²) in [5, 5.41) is 3.22. The van der Waals surface area contributed by atoms with Crippen molar-refractivity contribution in [3.8, 4) is 0 Å². The number of hydrazine groups is 1. The molecule has 0 N–H and O–H groups in total. The summed E-state index contributed by atoms with van der Waals surface area (Å²) in [5.74, 6) is -6.85. The number of morpholine rings is 1. The highest BCUT2D eigenvalue weighted by molar-refractivity contribution is 6.36. The van der Waals surface area contributed by atoms with Gasteiger partial charge in [-0.25, -0.2) is 23.1 Å². The number of ether oxygens (including phenoxy) is 1. The number of imide groups is 1. The normalized spacial score (nSPS) is 16.4. The zero-order chi connectivity index (χ0) is 26.3. The second-order valence-corrected chi connectivity index (χ2v) is 9.77. The third kappa shape index (κ3) is 4.18. The van der Waals surface area contributed by atoms with Crippen molar-refractivity contribution in [2.45, 2.75) is 52.9 Å². The number of benzene rings is 2. The minimum Gasteiger partial charge on any atom is -0.379 e. The first-order valence-electron chi connectivity index (χ1n) is 12.4. The van der Waals surface area contributed by atoms with Crippen LogP contribution in [0, 0.1) is 17.5 Å². The van der Waals surface area contributed by atoms with E-state index in [2.05, 4.69) is 0 Å². The van der Waals surface area contributed by atoms with E-state index < -0.39 is 46.1 Å². The Kier molecular flexibility index (Phi) is 7.43. The highest BCUT2D eigenvalue weighted by Crippen LogP contribution is 2.44. The largest absolute Gasteiger partial charge is 0.379 e. The lowest BCUT2D eigenvalue weighted by molar-refractivity contribution is 0.0311. The van der Waals surface area contributed by atoms with Crippen LogP contribution in [0.5, 0.6) is 0 Å². The summed E-state index contributed by atoms with van der Waals surface area (Å²) in [5.41, 5.74) is 0.227. The van der Waals surface area contributed by atoms with Gasteiger partial charge in [0.25, 0.3) is 11.8 Å². The average molecular weight is 504 g/mol. The first-order valence-corrected chi connectivity index (χ1v) is 12.4. The third-order valence-corrected chi connectivity index (χ3v) is 6.72. The third-order valence-electron chi connectivity index (χ3n) is 6.72. The number of rotatable bonds is 7. The van der Waals surface area contributed by atoms with Gasteiger partial charge in [0.2, 0.25) is 0 Å². The maximum Gasteiger partial charge on any atom is 0.269 e. The van der Waals surface area contributed by atoms with Crippen LogP contribution in [-0.2, 0) is 4.74 Å².